The highest BCUT2D eigenvalue weighted by atomic mass is 16.5. The van der Waals surface area contributed by atoms with Gasteiger partial charge in [-0.2, -0.15) is 5.26 Å². The molecule has 2 heterocycles. The van der Waals surface area contributed by atoms with Gasteiger partial charge in [0.2, 0.25) is 0 Å². The van der Waals surface area contributed by atoms with Gasteiger partial charge in [-0.1, -0.05) is 0 Å². The Morgan fingerprint density at radius 2 is 2.14 bits per heavy atom. The molecule has 0 aromatic rings. The number of β-amino-alcohol motifs (C(OH)–C–C–N with tert-alkyl or cyclic N) is 1. The SMILES string of the molecule is CC1(C)OCC(C#N)=C1C=C=C1C=CN(CC(O)CO)C=C1. The Kier molecular flexibility index (Phi) is 5.02. The van der Waals surface area contributed by atoms with Gasteiger partial charge >= 0.3 is 0 Å². The molecular formula is C17H20N2O3. The molecule has 1 unspecified atom stereocenters. The number of aliphatic hydroxyl groups excluding tert-OH is 2. The molecule has 2 aliphatic rings. The largest absolute Gasteiger partial charge is 0.394 e. The maximum Gasteiger partial charge on any atom is 0.0976 e. The molecule has 22 heavy (non-hydrogen) atoms. The Morgan fingerprint density at radius 1 is 1.45 bits per heavy atom. The number of nitriles is 1. The van der Waals surface area contributed by atoms with E-state index in [1.54, 1.807) is 11.0 Å². The van der Waals surface area contributed by atoms with Crippen LogP contribution in [0, 0.1) is 11.3 Å². The fourth-order valence-electron chi connectivity index (χ4n) is 2.26. The molecule has 0 spiro atoms. The van der Waals surface area contributed by atoms with Crippen molar-refractivity contribution >= 4 is 0 Å². The Balaban J connectivity index is 2.14. The molecule has 0 radical (unpaired) electrons. The lowest BCUT2D eigenvalue weighted by molar-refractivity contribution is 0.0511. The first-order valence-electron chi connectivity index (χ1n) is 7.11. The molecular weight excluding hydrogens is 280 g/mol. The summed E-state index contributed by atoms with van der Waals surface area (Å²) in [6.45, 7) is 4.27. The van der Waals surface area contributed by atoms with Gasteiger partial charge in [-0.3, -0.25) is 0 Å². The highest BCUT2D eigenvalue weighted by Gasteiger charge is 2.32. The lowest BCUT2D eigenvalue weighted by Crippen LogP contribution is -2.27. The van der Waals surface area contributed by atoms with E-state index in [1.165, 1.54) is 0 Å². The van der Waals surface area contributed by atoms with Gasteiger partial charge in [0.1, 0.15) is 0 Å². The van der Waals surface area contributed by atoms with Gasteiger partial charge in [-0.05, 0) is 32.1 Å². The molecule has 116 valence electrons. The van der Waals surface area contributed by atoms with E-state index in [9.17, 15) is 5.11 Å². The molecule has 0 aromatic carbocycles. The zero-order valence-corrected chi connectivity index (χ0v) is 12.8. The first kappa shape index (κ1) is 16.3. The highest BCUT2D eigenvalue weighted by molar-refractivity contribution is 5.45. The third-order valence-corrected chi connectivity index (χ3v) is 3.59. The normalized spacial score (nSPS) is 20.9. The van der Waals surface area contributed by atoms with Gasteiger partial charge in [0, 0.05) is 23.5 Å². The maximum absolute atomic E-state index is 9.40. The number of aliphatic hydroxyl groups is 2. The van der Waals surface area contributed by atoms with Crippen LogP contribution in [0.4, 0.5) is 0 Å². The Labute approximate surface area is 130 Å². The van der Waals surface area contributed by atoms with Crippen LogP contribution in [0.5, 0.6) is 0 Å². The minimum Gasteiger partial charge on any atom is -0.394 e. The van der Waals surface area contributed by atoms with Crippen LogP contribution in [0.15, 0.2) is 53.1 Å². The fourth-order valence-corrected chi connectivity index (χ4v) is 2.26. The molecule has 0 aromatic heterocycles. The quantitative estimate of drug-likeness (QED) is 0.767. The van der Waals surface area contributed by atoms with E-state index in [1.807, 2.05) is 38.4 Å². The fraction of sp³-hybridized carbons (Fsp3) is 0.412. The molecule has 5 heteroatoms. The van der Waals surface area contributed by atoms with E-state index in [4.69, 9.17) is 15.1 Å². The summed E-state index contributed by atoms with van der Waals surface area (Å²) < 4.78 is 5.60. The summed E-state index contributed by atoms with van der Waals surface area (Å²) in [5, 5.41) is 27.4. The number of allylic oxidation sites excluding steroid dienone is 2. The molecule has 0 amide bonds. The zero-order valence-electron chi connectivity index (χ0n) is 12.8. The summed E-state index contributed by atoms with van der Waals surface area (Å²) in [6.07, 6.45) is 8.37. The predicted molar refractivity (Wildman–Crippen MR) is 82.3 cm³/mol. The molecule has 5 nitrogen and oxygen atoms in total. The van der Waals surface area contributed by atoms with Crippen molar-refractivity contribution in [1.29, 1.82) is 5.26 Å². The van der Waals surface area contributed by atoms with E-state index in [2.05, 4.69) is 11.8 Å². The van der Waals surface area contributed by atoms with E-state index >= 15 is 0 Å². The lowest BCUT2D eigenvalue weighted by atomic mass is 9.96. The van der Waals surface area contributed by atoms with Gasteiger partial charge < -0.3 is 19.8 Å². The van der Waals surface area contributed by atoms with Crippen molar-refractivity contribution < 1.29 is 14.9 Å². The predicted octanol–water partition coefficient (Wildman–Crippen LogP) is 1.39. The molecule has 0 bridgehead atoms. The van der Waals surface area contributed by atoms with Crippen molar-refractivity contribution in [2.45, 2.75) is 25.6 Å². The van der Waals surface area contributed by atoms with Crippen LogP contribution in [0.1, 0.15) is 13.8 Å². The van der Waals surface area contributed by atoms with Crippen LogP contribution >= 0.6 is 0 Å². The lowest BCUT2D eigenvalue weighted by Gasteiger charge is -2.20. The van der Waals surface area contributed by atoms with Gasteiger partial charge in [0.25, 0.3) is 0 Å². The summed E-state index contributed by atoms with van der Waals surface area (Å²) >= 11 is 0. The molecule has 2 N–H and O–H groups in total. The Bertz CT molecular complexity index is 613. The number of hydrogen-bond donors (Lipinski definition) is 2. The van der Waals surface area contributed by atoms with Crippen LogP contribution in [-0.2, 0) is 4.74 Å². The average Bonchev–Trinajstić information content (AvgIpc) is 2.80. The van der Waals surface area contributed by atoms with Gasteiger partial charge in [-0.25, -0.2) is 0 Å². The van der Waals surface area contributed by atoms with Crippen molar-refractivity contribution in [3.8, 4) is 6.07 Å². The summed E-state index contributed by atoms with van der Waals surface area (Å²) in [6, 6.07) is 2.17. The Morgan fingerprint density at radius 3 is 2.73 bits per heavy atom. The van der Waals surface area contributed by atoms with Gasteiger partial charge in [0.05, 0.1) is 43.1 Å². The van der Waals surface area contributed by atoms with E-state index in [-0.39, 0.29) is 6.61 Å². The van der Waals surface area contributed by atoms with E-state index in [0.717, 1.165) is 11.1 Å². The molecule has 2 rings (SSSR count). The average molecular weight is 300 g/mol. The first-order chi connectivity index (χ1) is 10.5. The van der Waals surface area contributed by atoms with Crippen LogP contribution < -0.4 is 0 Å². The number of rotatable bonds is 4. The second-order valence-electron chi connectivity index (χ2n) is 5.71. The van der Waals surface area contributed by atoms with E-state index < -0.39 is 11.7 Å². The molecule has 1 atom stereocenters. The molecule has 2 aliphatic heterocycles. The van der Waals surface area contributed by atoms with Crippen LogP contribution in [0.25, 0.3) is 0 Å². The molecule has 0 saturated heterocycles. The zero-order chi connectivity index (χ0) is 16.2. The number of nitrogens with zero attached hydrogens (tertiary/aromatic N) is 2. The van der Waals surface area contributed by atoms with Crippen LogP contribution in [-0.4, -0.2) is 46.6 Å². The van der Waals surface area contributed by atoms with Crippen molar-refractivity contribution in [2.75, 3.05) is 19.8 Å². The maximum atomic E-state index is 9.40. The van der Waals surface area contributed by atoms with Gasteiger partial charge in [0.15, 0.2) is 0 Å². The van der Waals surface area contributed by atoms with Crippen LogP contribution in [0.2, 0.25) is 0 Å². The summed E-state index contributed by atoms with van der Waals surface area (Å²) in [4.78, 5) is 1.79. The van der Waals surface area contributed by atoms with Crippen molar-refractivity contribution in [2.24, 2.45) is 0 Å². The van der Waals surface area contributed by atoms with E-state index in [0.29, 0.717) is 18.7 Å². The smallest absolute Gasteiger partial charge is 0.0976 e. The van der Waals surface area contributed by atoms with Crippen LogP contribution in [0.3, 0.4) is 0 Å². The first-order valence-corrected chi connectivity index (χ1v) is 7.11. The highest BCUT2D eigenvalue weighted by Crippen LogP contribution is 2.31. The Hall–Kier alpha value is -2.09. The monoisotopic (exact) mass is 300 g/mol. The number of hydrogen-bond acceptors (Lipinski definition) is 5. The molecule has 0 aliphatic carbocycles. The number of ether oxygens (including phenoxy) is 1. The minimum absolute atomic E-state index is 0.263. The van der Waals surface area contributed by atoms with Gasteiger partial charge in [-0.15, -0.1) is 5.73 Å². The third-order valence-electron chi connectivity index (χ3n) is 3.59. The third kappa shape index (κ3) is 3.76. The summed E-state index contributed by atoms with van der Waals surface area (Å²) in [5.74, 6) is 0. The summed E-state index contributed by atoms with van der Waals surface area (Å²) in [5.41, 5.74) is 5.03. The second kappa shape index (κ2) is 6.78. The van der Waals surface area contributed by atoms with Crippen molar-refractivity contribution in [3.63, 3.8) is 0 Å². The second-order valence-corrected chi connectivity index (χ2v) is 5.71. The topological polar surface area (TPSA) is 76.7 Å². The van der Waals surface area contributed by atoms with Crippen molar-refractivity contribution in [3.05, 3.63) is 53.1 Å². The van der Waals surface area contributed by atoms with Crippen molar-refractivity contribution in [1.82, 2.24) is 4.90 Å². The molecule has 0 fully saturated rings. The molecule has 0 saturated carbocycles. The summed E-state index contributed by atoms with van der Waals surface area (Å²) in [7, 11) is 0. The minimum atomic E-state index is -0.768. The standard InChI is InChI=1S/C17H20N2O3/c1-17(2)16(14(9-18)12-22-17)4-3-13-5-7-19(8-6-13)10-15(21)11-20/h4-8,15,20-21H,10-12H2,1-2H3.